The fourth-order valence-electron chi connectivity index (χ4n) is 1.26. The minimum Gasteiger partial charge on any atom is -0.497 e. The molecule has 0 bridgehead atoms. The summed E-state index contributed by atoms with van der Waals surface area (Å²) in [4.78, 5) is 11.5. The maximum atomic E-state index is 11.5. The number of nitrogens with two attached hydrogens (primary N) is 1. The van der Waals surface area contributed by atoms with Crippen molar-refractivity contribution in [3.63, 3.8) is 0 Å². The molecule has 0 saturated carbocycles. The Kier molecular flexibility index (Phi) is 4.78. The van der Waals surface area contributed by atoms with Crippen LogP contribution < -0.4 is 20.5 Å². The lowest BCUT2D eigenvalue weighted by Gasteiger charge is -2.14. The van der Waals surface area contributed by atoms with Crippen molar-refractivity contribution < 1.29 is 14.3 Å². The van der Waals surface area contributed by atoms with Crippen LogP contribution in [0.1, 0.15) is 13.8 Å². The standard InChI is InChI=1S/C12H18N2O3/c1-4-17-11-6-5-9(16-3)7-10(11)14-12(15)8(2)13/h5-8H,4,13H2,1-3H3,(H,14,15)/t8-/m0/s1. The van der Waals surface area contributed by atoms with E-state index in [-0.39, 0.29) is 5.91 Å². The maximum absolute atomic E-state index is 11.5. The third-order valence-electron chi connectivity index (χ3n) is 2.16. The number of anilines is 1. The fraction of sp³-hybridized carbons (Fsp3) is 0.417. The van der Waals surface area contributed by atoms with Gasteiger partial charge in [-0.3, -0.25) is 4.79 Å². The van der Waals surface area contributed by atoms with Crippen LogP contribution in [-0.4, -0.2) is 25.7 Å². The first kappa shape index (κ1) is 13.3. The number of rotatable bonds is 5. The molecule has 1 aromatic rings. The molecule has 0 aliphatic rings. The predicted molar refractivity (Wildman–Crippen MR) is 66.4 cm³/mol. The Morgan fingerprint density at radius 2 is 2.24 bits per heavy atom. The van der Waals surface area contributed by atoms with Crippen LogP contribution in [0, 0.1) is 0 Å². The molecule has 0 aromatic heterocycles. The van der Waals surface area contributed by atoms with Gasteiger partial charge in [-0.25, -0.2) is 0 Å². The minimum absolute atomic E-state index is 0.265. The van der Waals surface area contributed by atoms with Gasteiger partial charge in [0.25, 0.3) is 0 Å². The Morgan fingerprint density at radius 1 is 1.53 bits per heavy atom. The largest absolute Gasteiger partial charge is 0.497 e. The summed E-state index contributed by atoms with van der Waals surface area (Å²) in [5.74, 6) is 0.981. The molecule has 0 unspecified atom stereocenters. The Morgan fingerprint density at radius 3 is 2.76 bits per heavy atom. The average molecular weight is 238 g/mol. The van der Waals surface area contributed by atoms with Crippen LogP contribution in [-0.2, 0) is 4.79 Å². The van der Waals surface area contributed by atoms with E-state index in [9.17, 15) is 4.79 Å². The maximum Gasteiger partial charge on any atom is 0.241 e. The van der Waals surface area contributed by atoms with Gasteiger partial charge < -0.3 is 20.5 Å². The van der Waals surface area contributed by atoms with Crippen molar-refractivity contribution in [3.05, 3.63) is 18.2 Å². The zero-order valence-corrected chi connectivity index (χ0v) is 10.3. The van der Waals surface area contributed by atoms with Gasteiger partial charge in [0, 0.05) is 6.07 Å². The van der Waals surface area contributed by atoms with E-state index in [1.165, 1.54) is 0 Å². The molecule has 5 nitrogen and oxygen atoms in total. The van der Waals surface area contributed by atoms with E-state index in [4.69, 9.17) is 15.2 Å². The number of benzene rings is 1. The number of amides is 1. The second-order valence-corrected chi connectivity index (χ2v) is 3.57. The number of carbonyl (C=O) groups is 1. The first-order chi connectivity index (χ1) is 8.08. The number of nitrogens with one attached hydrogen (secondary N) is 1. The molecule has 3 N–H and O–H groups in total. The van der Waals surface area contributed by atoms with E-state index >= 15 is 0 Å². The van der Waals surface area contributed by atoms with Crippen molar-refractivity contribution in [1.29, 1.82) is 0 Å². The van der Waals surface area contributed by atoms with Crippen LogP contribution in [0.25, 0.3) is 0 Å². The van der Waals surface area contributed by atoms with Gasteiger partial charge in [-0.2, -0.15) is 0 Å². The van der Waals surface area contributed by atoms with Gasteiger partial charge in [0.05, 0.1) is 25.4 Å². The second-order valence-electron chi connectivity index (χ2n) is 3.57. The van der Waals surface area contributed by atoms with Crippen molar-refractivity contribution in [2.45, 2.75) is 19.9 Å². The zero-order chi connectivity index (χ0) is 12.8. The highest BCUT2D eigenvalue weighted by atomic mass is 16.5. The summed E-state index contributed by atoms with van der Waals surface area (Å²) in [6.45, 7) is 4.02. The number of hydrogen-bond acceptors (Lipinski definition) is 4. The van der Waals surface area contributed by atoms with Gasteiger partial charge in [-0.1, -0.05) is 0 Å². The number of methoxy groups -OCH3 is 1. The third kappa shape index (κ3) is 3.64. The second kappa shape index (κ2) is 6.10. The van der Waals surface area contributed by atoms with Gasteiger partial charge in [0.1, 0.15) is 11.5 Å². The normalized spacial score (nSPS) is 11.8. The Hall–Kier alpha value is -1.75. The molecule has 1 aromatic carbocycles. The van der Waals surface area contributed by atoms with E-state index in [2.05, 4.69) is 5.32 Å². The topological polar surface area (TPSA) is 73.6 Å². The number of ether oxygens (including phenoxy) is 2. The van der Waals surface area contributed by atoms with Gasteiger partial charge in [-0.05, 0) is 26.0 Å². The lowest BCUT2D eigenvalue weighted by molar-refractivity contribution is -0.117. The fourth-order valence-corrected chi connectivity index (χ4v) is 1.26. The van der Waals surface area contributed by atoms with Crippen LogP contribution in [0.4, 0.5) is 5.69 Å². The molecule has 0 aliphatic heterocycles. The van der Waals surface area contributed by atoms with E-state index in [1.807, 2.05) is 6.92 Å². The number of carbonyl (C=O) groups excluding carboxylic acids is 1. The third-order valence-corrected chi connectivity index (χ3v) is 2.16. The summed E-state index contributed by atoms with van der Waals surface area (Å²) >= 11 is 0. The van der Waals surface area contributed by atoms with E-state index in [0.29, 0.717) is 23.8 Å². The average Bonchev–Trinajstić information content (AvgIpc) is 2.31. The molecule has 0 spiro atoms. The summed E-state index contributed by atoms with van der Waals surface area (Å²) in [6.07, 6.45) is 0. The van der Waals surface area contributed by atoms with Gasteiger partial charge >= 0.3 is 0 Å². The van der Waals surface area contributed by atoms with Crippen LogP contribution in [0.15, 0.2) is 18.2 Å². The van der Waals surface area contributed by atoms with Crippen molar-refractivity contribution in [1.82, 2.24) is 0 Å². The van der Waals surface area contributed by atoms with Gasteiger partial charge in [-0.15, -0.1) is 0 Å². The van der Waals surface area contributed by atoms with Crippen LogP contribution >= 0.6 is 0 Å². The molecule has 0 heterocycles. The monoisotopic (exact) mass is 238 g/mol. The highest BCUT2D eigenvalue weighted by molar-refractivity contribution is 5.95. The van der Waals surface area contributed by atoms with Crippen LogP contribution in [0.5, 0.6) is 11.5 Å². The molecule has 17 heavy (non-hydrogen) atoms. The Balaban J connectivity index is 2.96. The van der Waals surface area contributed by atoms with E-state index in [0.717, 1.165) is 0 Å². The molecule has 5 heteroatoms. The van der Waals surface area contributed by atoms with Gasteiger partial charge in [0.15, 0.2) is 0 Å². The van der Waals surface area contributed by atoms with E-state index < -0.39 is 6.04 Å². The van der Waals surface area contributed by atoms with Crippen molar-refractivity contribution in [3.8, 4) is 11.5 Å². The quantitative estimate of drug-likeness (QED) is 0.812. The lowest BCUT2D eigenvalue weighted by atomic mass is 10.2. The smallest absolute Gasteiger partial charge is 0.241 e. The SMILES string of the molecule is CCOc1ccc(OC)cc1NC(=O)[C@H](C)N. The first-order valence-electron chi connectivity index (χ1n) is 5.45. The Bertz CT molecular complexity index is 391. The van der Waals surface area contributed by atoms with Crippen molar-refractivity contribution in [2.75, 3.05) is 19.0 Å². The van der Waals surface area contributed by atoms with E-state index in [1.54, 1.807) is 32.2 Å². The summed E-state index contributed by atoms with van der Waals surface area (Å²) < 4.78 is 10.5. The predicted octanol–water partition coefficient (Wildman–Crippen LogP) is 1.38. The van der Waals surface area contributed by atoms with Crippen LogP contribution in [0.3, 0.4) is 0 Å². The summed E-state index contributed by atoms with van der Waals surface area (Å²) in [5.41, 5.74) is 6.06. The molecule has 1 amide bonds. The van der Waals surface area contributed by atoms with Gasteiger partial charge in [0.2, 0.25) is 5.91 Å². The highest BCUT2D eigenvalue weighted by Gasteiger charge is 2.12. The zero-order valence-electron chi connectivity index (χ0n) is 10.3. The molecule has 0 radical (unpaired) electrons. The summed E-state index contributed by atoms with van der Waals surface area (Å²) in [7, 11) is 1.56. The van der Waals surface area contributed by atoms with Crippen molar-refractivity contribution in [2.24, 2.45) is 5.73 Å². The first-order valence-corrected chi connectivity index (χ1v) is 5.45. The molecular formula is C12H18N2O3. The number of hydrogen-bond donors (Lipinski definition) is 2. The molecular weight excluding hydrogens is 220 g/mol. The minimum atomic E-state index is -0.573. The molecule has 0 aliphatic carbocycles. The molecule has 0 saturated heterocycles. The molecule has 0 fully saturated rings. The summed E-state index contributed by atoms with van der Waals surface area (Å²) in [6, 6.07) is 4.65. The van der Waals surface area contributed by atoms with Crippen LogP contribution in [0.2, 0.25) is 0 Å². The molecule has 1 atom stereocenters. The summed E-state index contributed by atoms with van der Waals surface area (Å²) in [5, 5.41) is 2.70. The molecule has 1 rings (SSSR count). The Labute approximate surface area is 101 Å². The molecule has 94 valence electrons. The lowest BCUT2D eigenvalue weighted by Crippen LogP contribution is -2.32. The highest BCUT2D eigenvalue weighted by Crippen LogP contribution is 2.29. The van der Waals surface area contributed by atoms with Crippen molar-refractivity contribution >= 4 is 11.6 Å².